The minimum absolute atomic E-state index is 0.0608. The summed E-state index contributed by atoms with van der Waals surface area (Å²) in [5, 5.41) is 0. The molecule has 0 radical (unpaired) electrons. The highest BCUT2D eigenvalue weighted by molar-refractivity contribution is 5.87. The number of fused-ring (bicyclic) bond motifs is 2. The third kappa shape index (κ3) is 6.27. The predicted molar refractivity (Wildman–Crippen MR) is 145 cm³/mol. The van der Waals surface area contributed by atoms with Crippen molar-refractivity contribution in [3.05, 3.63) is 11.3 Å². The van der Waals surface area contributed by atoms with Gasteiger partial charge in [-0.05, 0) is 44.6 Å². The van der Waals surface area contributed by atoms with Gasteiger partial charge in [0.15, 0.2) is 17.8 Å². The van der Waals surface area contributed by atoms with Gasteiger partial charge in [0.2, 0.25) is 30.2 Å². The van der Waals surface area contributed by atoms with E-state index in [0.717, 1.165) is 40.5 Å². The van der Waals surface area contributed by atoms with Crippen LogP contribution in [0, 0.1) is 17.8 Å². The highest BCUT2D eigenvalue weighted by atomic mass is 17.3. The molecule has 45 heavy (non-hydrogen) atoms. The summed E-state index contributed by atoms with van der Waals surface area (Å²) < 4.78 is 45.3. The van der Waals surface area contributed by atoms with Crippen LogP contribution in [0.1, 0.15) is 74.1 Å². The van der Waals surface area contributed by atoms with Crippen LogP contribution in [0.15, 0.2) is 11.3 Å². The fourth-order valence-electron chi connectivity index (χ4n) is 7.29. The van der Waals surface area contributed by atoms with E-state index >= 15 is 0 Å². The number of ether oxygens (including phenoxy) is 8. The lowest BCUT2D eigenvalue weighted by Gasteiger charge is -2.57. The van der Waals surface area contributed by atoms with Crippen LogP contribution in [0.2, 0.25) is 0 Å². The Bertz CT molecular complexity index is 1260. The smallest absolute Gasteiger partial charge is 0.373 e. The first-order valence-corrected chi connectivity index (χ1v) is 15.1. The molecular formula is C30H40O15. The fraction of sp³-hybridized carbons (Fsp3) is 0.767. The van der Waals surface area contributed by atoms with E-state index in [4.69, 9.17) is 47.7 Å². The first-order valence-electron chi connectivity index (χ1n) is 15.1. The summed E-state index contributed by atoms with van der Waals surface area (Å²) in [6, 6.07) is 0. The number of carbonyl (C=O) groups excluding carboxylic acids is 5. The lowest BCUT2D eigenvalue weighted by Crippen LogP contribution is -2.67. The molecule has 11 atom stereocenters. The number of esters is 5. The molecule has 0 aromatic heterocycles. The Kier molecular flexibility index (Phi) is 9.19. The molecule has 0 aromatic rings. The van der Waals surface area contributed by atoms with E-state index in [1.807, 2.05) is 0 Å². The molecule has 1 saturated carbocycles. The Morgan fingerprint density at radius 3 is 2.09 bits per heavy atom. The molecule has 15 nitrogen and oxygen atoms in total. The highest BCUT2D eigenvalue weighted by Crippen LogP contribution is 2.60. The van der Waals surface area contributed by atoms with Gasteiger partial charge < -0.3 is 37.9 Å². The van der Waals surface area contributed by atoms with Crippen molar-refractivity contribution in [2.75, 3.05) is 6.61 Å². The maximum atomic E-state index is 13.6. The molecule has 5 fully saturated rings. The molecule has 1 spiro atoms. The van der Waals surface area contributed by atoms with Crippen LogP contribution in [-0.4, -0.2) is 84.8 Å². The summed E-state index contributed by atoms with van der Waals surface area (Å²) in [7, 11) is 0. The summed E-state index contributed by atoms with van der Waals surface area (Å²) in [4.78, 5) is 73.5. The van der Waals surface area contributed by atoms with Crippen LogP contribution in [-0.2, 0) is 71.6 Å². The first-order chi connectivity index (χ1) is 21.1. The monoisotopic (exact) mass is 640 g/mol. The molecule has 0 amide bonds. The minimum Gasteiger partial charge on any atom is -0.457 e. The van der Waals surface area contributed by atoms with Crippen LogP contribution >= 0.6 is 0 Å². The Labute approximate surface area is 259 Å². The predicted octanol–water partition coefficient (Wildman–Crippen LogP) is 2.13. The lowest BCUT2D eigenvalue weighted by molar-refractivity contribution is -0.556. The standard InChI is InChI=1S/C30H40O15/c1-13-8-9-20-14(2)22(42-28-30(20)19(13)10-11-29(7,43-28)44-45-30)26(35)36-12-21-23(37-15(3)31)24(38-16(4)32)25(39-17(5)33)27(41-21)40-18(6)34/h13,19-21,23-25,27-28H,8-12H2,1-7H3/t13-,19+,20+,21?,23?,24?,25?,27?,28?,29+,30-/m1/s1. The van der Waals surface area contributed by atoms with E-state index in [-0.39, 0.29) is 17.6 Å². The van der Waals surface area contributed by atoms with Crippen molar-refractivity contribution < 1.29 is 71.6 Å². The van der Waals surface area contributed by atoms with Gasteiger partial charge in [0.05, 0.1) is 0 Å². The summed E-state index contributed by atoms with van der Waals surface area (Å²) >= 11 is 0. The van der Waals surface area contributed by atoms with Crippen LogP contribution in [0.5, 0.6) is 0 Å². The zero-order chi connectivity index (χ0) is 32.8. The molecular weight excluding hydrogens is 600 g/mol. The average molecular weight is 641 g/mol. The van der Waals surface area contributed by atoms with Gasteiger partial charge in [-0.15, -0.1) is 0 Å². The van der Waals surface area contributed by atoms with Gasteiger partial charge in [-0.2, -0.15) is 0 Å². The van der Waals surface area contributed by atoms with Crippen LogP contribution in [0.4, 0.5) is 0 Å². The van der Waals surface area contributed by atoms with Gasteiger partial charge in [-0.25, -0.2) is 14.6 Å². The molecule has 5 heterocycles. The van der Waals surface area contributed by atoms with E-state index in [0.29, 0.717) is 24.3 Å². The second kappa shape index (κ2) is 12.5. The second-order valence-corrected chi connectivity index (χ2v) is 12.5. The Morgan fingerprint density at radius 2 is 1.44 bits per heavy atom. The van der Waals surface area contributed by atoms with E-state index in [1.165, 1.54) is 0 Å². The van der Waals surface area contributed by atoms with Gasteiger partial charge in [-0.3, -0.25) is 19.2 Å². The van der Waals surface area contributed by atoms with Gasteiger partial charge >= 0.3 is 29.8 Å². The van der Waals surface area contributed by atoms with Crippen LogP contribution in [0.25, 0.3) is 0 Å². The Balaban J connectivity index is 1.41. The average Bonchev–Trinajstić information content (AvgIpc) is 3.17. The van der Waals surface area contributed by atoms with E-state index < -0.39 is 84.8 Å². The second-order valence-electron chi connectivity index (χ2n) is 12.5. The van der Waals surface area contributed by atoms with Crippen molar-refractivity contribution in [2.24, 2.45) is 17.8 Å². The van der Waals surface area contributed by atoms with Gasteiger partial charge in [-0.1, -0.05) is 6.92 Å². The van der Waals surface area contributed by atoms with Crippen molar-refractivity contribution >= 4 is 29.8 Å². The van der Waals surface area contributed by atoms with Gasteiger partial charge in [0, 0.05) is 46.0 Å². The fourth-order valence-corrected chi connectivity index (χ4v) is 7.29. The lowest BCUT2D eigenvalue weighted by atomic mass is 9.59. The number of hydrogen-bond acceptors (Lipinski definition) is 15. The molecule has 1 aliphatic carbocycles. The van der Waals surface area contributed by atoms with Gasteiger partial charge in [0.1, 0.15) is 12.7 Å². The van der Waals surface area contributed by atoms with Crippen LogP contribution < -0.4 is 0 Å². The number of carbonyl (C=O) groups is 5. The molecule has 6 rings (SSSR count). The number of rotatable bonds is 7. The third-order valence-corrected chi connectivity index (χ3v) is 9.17. The molecule has 0 N–H and O–H groups in total. The normalized spacial score (nSPS) is 40.2. The zero-order valence-electron chi connectivity index (χ0n) is 26.4. The summed E-state index contributed by atoms with van der Waals surface area (Å²) in [6.45, 7) is 9.54. The molecule has 2 bridgehead atoms. The van der Waals surface area contributed by atoms with Crippen molar-refractivity contribution in [3.63, 3.8) is 0 Å². The zero-order valence-corrected chi connectivity index (χ0v) is 26.4. The van der Waals surface area contributed by atoms with Crippen molar-refractivity contribution in [2.45, 2.75) is 123 Å². The van der Waals surface area contributed by atoms with E-state index in [2.05, 4.69) is 6.92 Å². The third-order valence-electron chi connectivity index (χ3n) is 9.17. The molecule has 5 aliphatic heterocycles. The topological polar surface area (TPSA) is 178 Å². The number of hydrogen-bond donors (Lipinski definition) is 0. The minimum atomic E-state index is -1.59. The maximum Gasteiger partial charge on any atom is 0.373 e. The largest absolute Gasteiger partial charge is 0.457 e. The quantitative estimate of drug-likeness (QED) is 0.224. The van der Waals surface area contributed by atoms with Crippen molar-refractivity contribution in [1.82, 2.24) is 0 Å². The summed E-state index contributed by atoms with van der Waals surface area (Å²) in [6.07, 6.45) is -5.24. The molecule has 4 saturated heterocycles. The van der Waals surface area contributed by atoms with Crippen molar-refractivity contribution in [3.8, 4) is 0 Å². The summed E-state index contributed by atoms with van der Waals surface area (Å²) in [5.74, 6) is -5.05. The Morgan fingerprint density at radius 1 is 0.822 bits per heavy atom. The molecule has 15 heteroatoms. The first kappa shape index (κ1) is 33.1. The molecule has 6 unspecified atom stereocenters. The van der Waals surface area contributed by atoms with E-state index in [1.54, 1.807) is 13.8 Å². The van der Waals surface area contributed by atoms with E-state index in [9.17, 15) is 24.0 Å². The van der Waals surface area contributed by atoms with Crippen LogP contribution in [0.3, 0.4) is 0 Å². The maximum absolute atomic E-state index is 13.6. The summed E-state index contributed by atoms with van der Waals surface area (Å²) in [5.41, 5.74) is -0.327. The van der Waals surface area contributed by atoms with Gasteiger partial charge in [0.25, 0.3) is 0 Å². The molecule has 6 aliphatic rings. The molecule has 250 valence electrons. The Hall–Kier alpha value is -3.27. The van der Waals surface area contributed by atoms with Crippen molar-refractivity contribution in [1.29, 1.82) is 0 Å². The highest BCUT2D eigenvalue weighted by Gasteiger charge is 2.68. The SMILES string of the molecule is CC(=O)OC1OC(COC(=O)C2=C(C)[C@@H]3CC[C@@H](C)[C@@H]4CC[C@]5(C)OO[C@@]34C(O2)O5)C(OC(C)=O)C(OC(C)=O)C1OC(C)=O. The molecule has 0 aromatic carbocycles.